The fraction of sp³-hybridized carbons (Fsp3) is 0.350. The van der Waals surface area contributed by atoms with Crippen molar-refractivity contribution in [3.63, 3.8) is 0 Å². The first-order chi connectivity index (χ1) is 11.7. The van der Waals surface area contributed by atoms with E-state index < -0.39 is 0 Å². The van der Waals surface area contributed by atoms with E-state index in [1.54, 1.807) is 0 Å². The lowest BCUT2D eigenvalue weighted by Gasteiger charge is -2.17. The summed E-state index contributed by atoms with van der Waals surface area (Å²) >= 11 is 0. The first kappa shape index (κ1) is 16.4. The molecule has 4 nitrogen and oxygen atoms in total. The molecule has 0 saturated carbocycles. The van der Waals surface area contributed by atoms with E-state index in [4.69, 9.17) is 0 Å². The van der Waals surface area contributed by atoms with Gasteiger partial charge in [-0.05, 0) is 61.7 Å². The summed E-state index contributed by atoms with van der Waals surface area (Å²) < 4.78 is 0. The normalized spacial score (nSPS) is 13.8. The van der Waals surface area contributed by atoms with Crippen molar-refractivity contribution in [2.75, 3.05) is 35.2 Å². The number of hydrogen-bond acceptors (Lipinski definition) is 3. The van der Waals surface area contributed by atoms with Crippen LogP contribution >= 0.6 is 0 Å². The van der Waals surface area contributed by atoms with Gasteiger partial charge in [0.2, 0.25) is 5.91 Å². The molecule has 1 aliphatic rings. The first-order valence-electron chi connectivity index (χ1n) is 8.66. The third-order valence-electron chi connectivity index (χ3n) is 4.32. The van der Waals surface area contributed by atoms with E-state index in [0.29, 0.717) is 13.0 Å². The molecule has 0 radical (unpaired) electrons. The van der Waals surface area contributed by atoms with Crippen molar-refractivity contribution in [3.8, 4) is 0 Å². The minimum Gasteiger partial charge on any atom is -0.385 e. The van der Waals surface area contributed by atoms with Gasteiger partial charge in [0.25, 0.3) is 0 Å². The number of rotatable bonds is 6. The number of hydrogen-bond donors (Lipinski definition) is 2. The van der Waals surface area contributed by atoms with Crippen LogP contribution in [0.5, 0.6) is 0 Å². The Labute approximate surface area is 143 Å². The van der Waals surface area contributed by atoms with Crippen molar-refractivity contribution in [2.45, 2.75) is 26.2 Å². The van der Waals surface area contributed by atoms with Crippen LogP contribution in [0.4, 0.5) is 17.1 Å². The standard InChI is InChI=1S/C20H25N3O/c1-16-5-4-6-18(15-16)21-12-11-20(24)22-17-7-9-19(10-8-17)23-13-2-3-14-23/h4-10,15,21H,2-3,11-14H2,1H3,(H,22,24). The Morgan fingerprint density at radius 1 is 1.04 bits per heavy atom. The third-order valence-corrected chi connectivity index (χ3v) is 4.32. The van der Waals surface area contributed by atoms with E-state index in [1.807, 2.05) is 24.3 Å². The van der Waals surface area contributed by atoms with Crippen molar-refractivity contribution in [1.82, 2.24) is 0 Å². The summed E-state index contributed by atoms with van der Waals surface area (Å²) in [6.07, 6.45) is 2.99. The van der Waals surface area contributed by atoms with E-state index in [2.05, 4.69) is 46.7 Å². The molecule has 0 bridgehead atoms. The monoisotopic (exact) mass is 323 g/mol. The lowest BCUT2D eigenvalue weighted by molar-refractivity contribution is -0.115. The first-order valence-corrected chi connectivity index (χ1v) is 8.66. The summed E-state index contributed by atoms with van der Waals surface area (Å²) in [4.78, 5) is 14.4. The molecule has 0 aliphatic carbocycles. The van der Waals surface area contributed by atoms with E-state index in [0.717, 1.165) is 24.5 Å². The Balaban J connectivity index is 1.44. The number of anilines is 3. The van der Waals surface area contributed by atoms with Crippen molar-refractivity contribution in [2.24, 2.45) is 0 Å². The lowest BCUT2D eigenvalue weighted by Crippen LogP contribution is -2.18. The van der Waals surface area contributed by atoms with Crippen LogP contribution in [0.25, 0.3) is 0 Å². The number of nitrogens with zero attached hydrogens (tertiary/aromatic N) is 1. The zero-order valence-electron chi connectivity index (χ0n) is 14.2. The highest BCUT2D eigenvalue weighted by Crippen LogP contribution is 2.22. The molecule has 2 N–H and O–H groups in total. The molecule has 1 heterocycles. The van der Waals surface area contributed by atoms with Gasteiger partial charge in [0.05, 0.1) is 0 Å². The summed E-state index contributed by atoms with van der Waals surface area (Å²) in [5.41, 5.74) is 4.37. The topological polar surface area (TPSA) is 44.4 Å². The summed E-state index contributed by atoms with van der Waals surface area (Å²) in [6, 6.07) is 16.3. The van der Waals surface area contributed by atoms with Gasteiger partial charge >= 0.3 is 0 Å². The average Bonchev–Trinajstić information content (AvgIpc) is 3.10. The Bertz CT molecular complexity index is 676. The largest absolute Gasteiger partial charge is 0.385 e. The smallest absolute Gasteiger partial charge is 0.226 e. The molecule has 1 saturated heterocycles. The van der Waals surface area contributed by atoms with Gasteiger partial charge in [-0.2, -0.15) is 0 Å². The highest BCUT2D eigenvalue weighted by atomic mass is 16.1. The van der Waals surface area contributed by atoms with Crippen LogP contribution in [0.2, 0.25) is 0 Å². The Morgan fingerprint density at radius 2 is 1.79 bits per heavy atom. The molecule has 0 unspecified atom stereocenters. The van der Waals surface area contributed by atoms with Gasteiger partial charge in [0, 0.05) is 43.1 Å². The van der Waals surface area contributed by atoms with Crippen LogP contribution in [0.1, 0.15) is 24.8 Å². The van der Waals surface area contributed by atoms with E-state index in [-0.39, 0.29) is 5.91 Å². The molecule has 4 heteroatoms. The van der Waals surface area contributed by atoms with Crippen LogP contribution in [0.3, 0.4) is 0 Å². The SMILES string of the molecule is Cc1cccc(NCCC(=O)Nc2ccc(N3CCCC3)cc2)c1. The van der Waals surface area contributed by atoms with Crippen LogP contribution in [-0.4, -0.2) is 25.5 Å². The summed E-state index contributed by atoms with van der Waals surface area (Å²) in [5.74, 6) is 0.0316. The minimum atomic E-state index is 0.0316. The molecule has 2 aromatic carbocycles. The molecule has 3 rings (SSSR count). The molecule has 126 valence electrons. The molecule has 0 spiro atoms. The van der Waals surface area contributed by atoms with Crippen molar-refractivity contribution in [1.29, 1.82) is 0 Å². The second-order valence-corrected chi connectivity index (χ2v) is 6.34. The van der Waals surface area contributed by atoms with Gasteiger partial charge in [-0.25, -0.2) is 0 Å². The maximum atomic E-state index is 12.0. The number of aryl methyl sites for hydroxylation is 1. The lowest BCUT2D eigenvalue weighted by atomic mass is 10.2. The summed E-state index contributed by atoms with van der Waals surface area (Å²) in [6.45, 7) is 4.96. The fourth-order valence-electron chi connectivity index (χ4n) is 3.03. The molecule has 1 aliphatic heterocycles. The van der Waals surface area contributed by atoms with Gasteiger partial charge < -0.3 is 15.5 Å². The van der Waals surface area contributed by atoms with E-state index >= 15 is 0 Å². The Hall–Kier alpha value is -2.49. The number of carbonyl (C=O) groups is 1. The molecule has 2 aromatic rings. The predicted octanol–water partition coefficient (Wildman–Crippen LogP) is 4.04. The molecule has 1 amide bonds. The zero-order valence-corrected chi connectivity index (χ0v) is 14.2. The second kappa shape index (κ2) is 7.86. The number of benzene rings is 2. The minimum absolute atomic E-state index is 0.0316. The fourth-order valence-corrected chi connectivity index (χ4v) is 3.03. The summed E-state index contributed by atoms with van der Waals surface area (Å²) in [7, 11) is 0. The van der Waals surface area contributed by atoms with Gasteiger partial charge in [-0.1, -0.05) is 12.1 Å². The molecule has 24 heavy (non-hydrogen) atoms. The second-order valence-electron chi connectivity index (χ2n) is 6.34. The van der Waals surface area contributed by atoms with Gasteiger partial charge in [-0.15, -0.1) is 0 Å². The van der Waals surface area contributed by atoms with E-state index in [1.165, 1.54) is 24.1 Å². The van der Waals surface area contributed by atoms with Crippen molar-refractivity contribution < 1.29 is 4.79 Å². The van der Waals surface area contributed by atoms with Gasteiger partial charge in [-0.3, -0.25) is 4.79 Å². The number of amides is 1. The molecule has 0 aromatic heterocycles. The predicted molar refractivity (Wildman–Crippen MR) is 101 cm³/mol. The number of carbonyl (C=O) groups excluding carboxylic acids is 1. The highest BCUT2D eigenvalue weighted by molar-refractivity contribution is 5.91. The van der Waals surface area contributed by atoms with Crippen LogP contribution in [-0.2, 0) is 4.79 Å². The molecular formula is C20H25N3O. The zero-order chi connectivity index (χ0) is 16.8. The molecule has 1 fully saturated rings. The maximum absolute atomic E-state index is 12.0. The van der Waals surface area contributed by atoms with Gasteiger partial charge in [0.15, 0.2) is 0 Å². The molecular weight excluding hydrogens is 298 g/mol. The quantitative estimate of drug-likeness (QED) is 0.843. The van der Waals surface area contributed by atoms with Crippen LogP contribution < -0.4 is 15.5 Å². The maximum Gasteiger partial charge on any atom is 0.226 e. The van der Waals surface area contributed by atoms with Crippen molar-refractivity contribution >= 4 is 23.0 Å². The highest BCUT2D eigenvalue weighted by Gasteiger charge is 2.12. The average molecular weight is 323 g/mol. The van der Waals surface area contributed by atoms with Gasteiger partial charge in [0.1, 0.15) is 0 Å². The van der Waals surface area contributed by atoms with E-state index in [9.17, 15) is 4.79 Å². The summed E-state index contributed by atoms with van der Waals surface area (Å²) in [5, 5.41) is 6.24. The van der Waals surface area contributed by atoms with Crippen molar-refractivity contribution in [3.05, 3.63) is 54.1 Å². The Kier molecular flexibility index (Phi) is 5.36. The number of nitrogens with one attached hydrogen (secondary N) is 2. The van der Waals surface area contributed by atoms with Crippen LogP contribution in [0, 0.1) is 6.92 Å². The van der Waals surface area contributed by atoms with Crippen LogP contribution in [0.15, 0.2) is 48.5 Å². The Morgan fingerprint density at radius 3 is 2.50 bits per heavy atom. The third kappa shape index (κ3) is 4.51. The molecule has 0 atom stereocenters.